The molecule has 0 bridgehead atoms. The zero-order valence-electron chi connectivity index (χ0n) is 24.5. The number of nitrogens with zero attached hydrogens (tertiary/aromatic N) is 4. The van der Waals surface area contributed by atoms with Crippen LogP contribution in [-0.2, 0) is 10.0 Å². The lowest BCUT2D eigenvalue weighted by molar-refractivity contribution is -0.385. The number of rotatable bonds is 8. The zero-order valence-corrected chi connectivity index (χ0v) is 26.1. The minimum absolute atomic E-state index is 0.0329. The molecular formula is C33H26ClN5O7S. The van der Waals surface area contributed by atoms with E-state index in [2.05, 4.69) is 4.72 Å². The van der Waals surface area contributed by atoms with Crippen molar-refractivity contribution in [3.63, 3.8) is 0 Å². The molecule has 1 amide bonds. The molecule has 1 aliphatic heterocycles. The van der Waals surface area contributed by atoms with E-state index in [0.29, 0.717) is 34.8 Å². The van der Waals surface area contributed by atoms with Crippen LogP contribution in [0.5, 0.6) is 0 Å². The van der Waals surface area contributed by atoms with Gasteiger partial charge in [0, 0.05) is 46.5 Å². The summed E-state index contributed by atoms with van der Waals surface area (Å²) in [5.74, 6) is -0.801. The lowest BCUT2D eigenvalue weighted by atomic mass is 9.77. The Bertz CT molecular complexity index is 2050. The van der Waals surface area contributed by atoms with Gasteiger partial charge in [0.25, 0.3) is 27.3 Å². The Balaban J connectivity index is 1.37. The average molecular weight is 672 g/mol. The van der Waals surface area contributed by atoms with Crippen molar-refractivity contribution in [3.05, 3.63) is 145 Å². The molecule has 0 radical (unpaired) electrons. The maximum atomic E-state index is 14.2. The Morgan fingerprint density at radius 2 is 1.55 bits per heavy atom. The van der Waals surface area contributed by atoms with Gasteiger partial charge in [0.05, 0.1) is 26.5 Å². The summed E-state index contributed by atoms with van der Waals surface area (Å²) in [7, 11) is -4.07. The van der Waals surface area contributed by atoms with Crippen molar-refractivity contribution in [2.24, 2.45) is 11.0 Å². The monoisotopic (exact) mass is 671 g/mol. The second kappa shape index (κ2) is 12.8. The number of non-ortho nitro benzene ring substituents is 2. The van der Waals surface area contributed by atoms with Crippen molar-refractivity contribution in [2.45, 2.75) is 30.2 Å². The van der Waals surface area contributed by atoms with Crippen LogP contribution in [0.2, 0.25) is 5.02 Å². The number of anilines is 1. The van der Waals surface area contributed by atoms with Crippen molar-refractivity contribution in [1.29, 1.82) is 0 Å². The molecule has 12 nitrogen and oxygen atoms in total. The summed E-state index contributed by atoms with van der Waals surface area (Å²) in [5, 5.41) is 29.1. The molecule has 14 heteroatoms. The number of nitro groups is 2. The van der Waals surface area contributed by atoms with Gasteiger partial charge in [-0.25, -0.2) is 13.4 Å². The lowest BCUT2D eigenvalue weighted by Gasteiger charge is -2.29. The van der Waals surface area contributed by atoms with Crippen LogP contribution >= 0.6 is 11.6 Å². The fourth-order valence-corrected chi connectivity index (χ4v) is 7.08. The number of sulfonamides is 1. The highest BCUT2D eigenvalue weighted by Gasteiger charge is 2.44. The topological polar surface area (TPSA) is 165 Å². The summed E-state index contributed by atoms with van der Waals surface area (Å²) in [4.78, 5) is 35.6. The number of benzene rings is 4. The molecule has 2 unspecified atom stereocenters. The van der Waals surface area contributed by atoms with Crippen molar-refractivity contribution in [3.8, 4) is 0 Å². The molecule has 1 saturated carbocycles. The van der Waals surface area contributed by atoms with E-state index in [1.165, 1.54) is 65.7 Å². The Morgan fingerprint density at radius 3 is 2.19 bits per heavy atom. The third-order valence-electron chi connectivity index (χ3n) is 8.09. The molecule has 1 heterocycles. The predicted octanol–water partition coefficient (Wildman–Crippen LogP) is 7.39. The highest BCUT2D eigenvalue weighted by atomic mass is 35.5. The summed E-state index contributed by atoms with van der Waals surface area (Å²) < 4.78 is 29.0. The first-order valence-electron chi connectivity index (χ1n) is 14.5. The molecule has 1 N–H and O–H groups in total. The van der Waals surface area contributed by atoms with E-state index in [1.807, 2.05) is 6.08 Å². The van der Waals surface area contributed by atoms with Gasteiger partial charge < -0.3 is 0 Å². The molecule has 6 rings (SSSR count). The molecular weight excluding hydrogens is 646 g/mol. The van der Waals surface area contributed by atoms with E-state index in [1.54, 1.807) is 36.4 Å². The van der Waals surface area contributed by atoms with Gasteiger partial charge in [-0.05, 0) is 96.6 Å². The number of hydrogen-bond donors (Lipinski definition) is 1. The van der Waals surface area contributed by atoms with E-state index in [0.717, 1.165) is 17.6 Å². The van der Waals surface area contributed by atoms with Crippen molar-refractivity contribution < 1.29 is 23.1 Å². The highest BCUT2D eigenvalue weighted by Crippen LogP contribution is 2.45. The standard InChI is InChI=1S/C33H26ClN5O7S/c34-25-11-13-26(14-12-25)36-47(45,46)29-5-1-4-24(20-29)33(40)37-32(22-9-17-28(18-10-22)39(43)44)30-6-2-3-23(31(30)35-37)19-21-7-15-27(16-8-21)38(41)42/h1,4-5,7-20,30,32,36H,2-3,6H2. The molecule has 238 valence electrons. The van der Waals surface area contributed by atoms with Crippen molar-refractivity contribution in [1.82, 2.24) is 5.01 Å². The highest BCUT2D eigenvalue weighted by molar-refractivity contribution is 7.92. The number of allylic oxidation sites excluding steroid dienone is 1. The predicted molar refractivity (Wildman–Crippen MR) is 177 cm³/mol. The van der Waals surface area contributed by atoms with Crippen LogP contribution in [-0.4, -0.2) is 34.9 Å². The summed E-state index contributed by atoms with van der Waals surface area (Å²) in [6, 6.07) is 23.2. The Kier molecular flexibility index (Phi) is 8.58. The summed E-state index contributed by atoms with van der Waals surface area (Å²) in [6.45, 7) is 0. The SMILES string of the molecule is O=C(c1cccc(S(=O)(=O)Nc2ccc(Cl)cc2)c1)N1N=C2C(=Cc3ccc([N+](=O)[O-])cc3)CCCC2C1c1ccc([N+](=O)[O-])cc1. The summed E-state index contributed by atoms with van der Waals surface area (Å²) in [6.07, 6.45) is 4.01. The first-order chi connectivity index (χ1) is 22.5. The smallest absolute Gasteiger partial charge is 0.274 e. The summed E-state index contributed by atoms with van der Waals surface area (Å²) >= 11 is 5.92. The average Bonchev–Trinajstić information content (AvgIpc) is 3.46. The van der Waals surface area contributed by atoms with E-state index >= 15 is 0 Å². The number of fused-ring (bicyclic) bond motifs is 1. The van der Waals surface area contributed by atoms with E-state index in [4.69, 9.17) is 16.7 Å². The van der Waals surface area contributed by atoms with E-state index in [-0.39, 0.29) is 27.8 Å². The zero-order chi connectivity index (χ0) is 33.3. The van der Waals surface area contributed by atoms with Gasteiger partial charge in [-0.2, -0.15) is 5.10 Å². The largest absolute Gasteiger partial charge is 0.280 e. The van der Waals surface area contributed by atoms with Crippen LogP contribution in [0.1, 0.15) is 46.8 Å². The van der Waals surface area contributed by atoms with Gasteiger partial charge in [-0.15, -0.1) is 0 Å². The summed E-state index contributed by atoms with van der Waals surface area (Å²) in [5.41, 5.74) is 3.15. The Morgan fingerprint density at radius 1 is 0.915 bits per heavy atom. The third kappa shape index (κ3) is 6.62. The number of carbonyl (C=O) groups excluding carboxylic acids is 1. The van der Waals surface area contributed by atoms with Crippen LogP contribution in [0.25, 0.3) is 6.08 Å². The Labute approximate surface area is 274 Å². The lowest BCUT2D eigenvalue weighted by Crippen LogP contribution is -2.32. The molecule has 0 saturated heterocycles. The first-order valence-corrected chi connectivity index (χ1v) is 16.4. The number of carbonyl (C=O) groups is 1. The Hall–Kier alpha value is -5.40. The van der Waals surface area contributed by atoms with Crippen LogP contribution < -0.4 is 4.72 Å². The fraction of sp³-hybridized carbons (Fsp3) is 0.152. The van der Waals surface area contributed by atoms with Gasteiger partial charge in [0.15, 0.2) is 0 Å². The minimum atomic E-state index is -4.07. The van der Waals surface area contributed by atoms with E-state index < -0.39 is 31.8 Å². The number of hydrogen-bond acceptors (Lipinski definition) is 8. The quantitative estimate of drug-likeness (QED) is 0.151. The second-order valence-electron chi connectivity index (χ2n) is 11.1. The van der Waals surface area contributed by atoms with Gasteiger partial charge in [0.1, 0.15) is 0 Å². The minimum Gasteiger partial charge on any atom is -0.280 e. The normalized spacial score (nSPS) is 18.4. The molecule has 0 aromatic heterocycles. The number of nitrogens with one attached hydrogen (secondary N) is 1. The maximum Gasteiger partial charge on any atom is 0.274 e. The molecule has 2 aliphatic rings. The maximum absolute atomic E-state index is 14.2. The number of amides is 1. The molecule has 1 fully saturated rings. The second-order valence-corrected chi connectivity index (χ2v) is 13.2. The fourth-order valence-electron chi connectivity index (χ4n) is 5.85. The number of nitro benzene ring substituents is 2. The van der Waals surface area contributed by atoms with Gasteiger partial charge in [-0.1, -0.05) is 29.8 Å². The first kappa shape index (κ1) is 31.6. The molecule has 1 aliphatic carbocycles. The van der Waals surface area contributed by atoms with Crippen LogP contribution in [0.15, 0.2) is 113 Å². The van der Waals surface area contributed by atoms with Gasteiger partial charge in [-0.3, -0.25) is 29.7 Å². The van der Waals surface area contributed by atoms with Crippen molar-refractivity contribution >= 4 is 56.4 Å². The third-order valence-corrected chi connectivity index (χ3v) is 9.72. The van der Waals surface area contributed by atoms with Crippen LogP contribution in [0, 0.1) is 26.1 Å². The van der Waals surface area contributed by atoms with Crippen LogP contribution in [0.3, 0.4) is 0 Å². The molecule has 2 atom stereocenters. The van der Waals surface area contributed by atoms with E-state index in [9.17, 15) is 33.4 Å². The van der Waals surface area contributed by atoms with Gasteiger partial charge >= 0.3 is 0 Å². The van der Waals surface area contributed by atoms with Crippen molar-refractivity contribution in [2.75, 3.05) is 4.72 Å². The van der Waals surface area contributed by atoms with Crippen LogP contribution in [0.4, 0.5) is 17.1 Å². The molecule has 47 heavy (non-hydrogen) atoms. The molecule has 4 aromatic rings. The molecule has 0 spiro atoms. The van der Waals surface area contributed by atoms with Gasteiger partial charge in [0.2, 0.25) is 0 Å². The number of hydrazone groups is 1. The number of halogens is 1. The molecule has 4 aromatic carbocycles.